The number of nitrogens with one attached hydrogen (secondary N) is 1. The summed E-state index contributed by atoms with van der Waals surface area (Å²) in [7, 11) is 0. The molecule has 17 heavy (non-hydrogen) atoms. The molecule has 2 aliphatic heterocycles. The van der Waals surface area contributed by atoms with E-state index in [0.29, 0.717) is 11.9 Å². The second kappa shape index (κ2) is 6.39. The molecule has 98 valence electrons. The number of piperidine rings is 1. The topological polar surface area (TPSA) is 32.3 Å². The van der Waals surface area contributed by atoms with Crippen LogP contribution < -0.4 is 5.32 Å². The van der Waals surface area contributed by atoms with Gasteiger partial charge in [-0.2, -0.15) is 0 Å². The minimum absolute atomic E-state index is 0.241. The lowest BCUT2D eigenvalue weighted by Crippen LogP contribution is -2.46. The SMILES string of the molecule is CC1CCC(C(=O)N2CCCCCCC2)CN1. The van der Waals surface area contributed by atoms with Gasteiger partial charge in [-0.15, -0.1) is 0 Å². The monoisotopic (exact) mass is 238 g/mol. The molecular formula is C14H26N2O. The number of rotatable bonds is 1. The number of hydrogen-bond donors (Lipinski definition) is 1. The highest BCUT2D eigenvalue weighted by atomic mass is 16.2. The lowest BCUT2D eigenvalue weighted by Gasteiger charge is -2.32. The predicted molar refractivity (Wildman–Crippen MR) is 69.9 cm³/mol. The molecule has 2 aliphatic rings. The minimum atomic E-state index is 0.241. The van der Waals surface area contributed by atoms with Gasteiger partial charge in [-0.1, -0.05) is 19.3 Å². The maximum absolute atomic E-state index is 12.4. The first-order valence-corrected chi connectivity index (χ1v) is 7.29. The van der Waals surface area contributed by atoms with Gasteiger partial charge in [-0.25, -0.2) is 0 Å². The van der Waals surface area contributed by atoms with Gasteiger partial charge in [0, 0.05) is 25.7 Å². The highest BCUT2D eigenvalue weighted by Crippen LogP contribution is 2.19. The van der Waals surface area contributed by atoms with E-state index in [9.17, 15) is 4.79 Å². The van der Waals surface area contributed by atoms with Crippen molar-refractivity contribution in [2.45, 2.75) is 57.9 Å². The van der Waals surface area contributed by atoms with Crippen LogP contribution in [0.2, 0.25) is 0 Å². The highest BCUT2D eigenvalue weighted by Gasteiger charge is 2.27. The van der Waals surface area contributed by atoms with Gasteiger partial charge in [0.05, 0.1) is 5.92 Å². The second-order valence-corrected chi connectivity index (χ2v) is 5.68. The van der Waals surface area contributed by atoms with Crippen LogP contribution in [0.15, 0.2) is 0 Å². The van der Waals surface area contributed by atoms with Gasteiger partial charge in [-0.05, 0) is 32.6 Å². The zero-order valence-electron chi connectivity index (χ0n) is 11.1. The summed E-state index contributed by atoms with van der Waals surface area (Å²) < 4.78 is 0. The lowest BCUT2D eigenvalue weighted by molar-refractivity contribution is -0.136. The van der Waals surface area contributed by atoms with Crippen LogP contribution in [-0.2, 0) is 4.79 Å². The molecule has 0 aromatic heterocycles. The summed E-state index contributed by atoms with van der Waals surface area (Å²) >= 11 is 0. The Morgan fingerprint density at radius 2 is 1.71 bits per heavy atom. The van der Waals surface area contributed by atoms with Crippen molar-refractivity contribution in [2.75, 3.05) is 19.6 Å². The van der Waals surface area contributed by atoms with E-state index >= 15 is 0 Å². The summed E-state index contributed by atoms with van der Waals surface area (Å²) in [6, 6.07) is 0.589. The molecule has 2 rings (SSSR count). The summed E-state index contributed by atoms with van der Waals surface area (Å²) in [6.45, 7) is 5.07. The van der Waals surface area contributed by atoms with Gasteiger partial charge >= 0.3 is 0 Å². The standard InChI is InChI=1S/C14H26N2O/c1-12-7-8-13(11-15-12)14(17)16-9-5-3-2-4-6-10-16/h12-13,15H,2-11H2,1H3. The third kappa shape index (κ3) is 3.70. The Morgan fingerprint density at radius 3 is 2.29 bits per heavy atom. The first kappa shape index (κ1) is 12.9. The van der Waals surface area contributed by atoms with Crippen molar-refractivity contribution in [3.63, 3.8) is 0 Å². The molecule has 2 fully saturated rings. The fraction of sp³-hybridized carbons (Fsp3) is 0.929. The summed E-state index contributed by atoms with van der Waals surface area (Å²) in [4.78, 5) is 14.5. The van der Waals surface area contributed by atoms with E-state index in [1.807, 2.05) is 0 Å². The van der Waals surface area contributed by atoms with Crippen LogP contribution >= 0.6 is 0 Å². The molecule has 2 saturated heterocycles. The van der Waals surface area contributed by atoms with Crippen LogP contribution in [0.4, 0.5) is 0 Å². The smallest absolute Gasteiger partial charge is 0.226 e. The third-order valence-electron chi connectivity index (χ3n) is 4.18. The number of hydrogen-bond acceptors (Lipinski definition) is 2. The van der Waals surface area contributed by atoms with E-state index in [0.717, 1.165) is 32.5 Å². The van der Waals surface area contributed by atoms with Gasteiger partial charge in [0.25, 0.3) is 0 Å². The first-order valence-electron chi connectivity index (χ1n) is 7.29. The average molecular weight is 238 g/mol. The summed E-state index contributed by atoms with van der Waals surface area (Å²) in [5.41, 5.74) is 0. The van der Waals surface area contributed by atoms with Gasteiger partial charge < -0.3 is 10.2 Å². The van der Waals surface area contributed by atoms with Crippen molar-refractivity contribution >= 4 is 5.91 Å². The van der Waals surface area contributed by atoms with Crippen LogP contribution in [0.25, 0.3) is 0 Å². The zero-order valence-corrected chi connectivity index (χ0v) is 11.1. The zero-order chi connectivity index (χ0) is 12.1. The molecule has 3 heteroatoms. The first-order chi connectivity index (χ1) is 8.27. The third-order valence-corrected chi connectivity index (χ3v) is 4.18. The molecule has 2 atom stereocenters. The Labute approximate surface area is 105 Å². The second-order valence-electron chi connectivity index (χ2n) is 5.68. The van der Waals surface area contributed by atoms with E-state index in [1.165, 1.54) is 32.1 Å². The quantitative estimate of drug-likeness (QED) is 0.759. The Hall–Kier alpha value is -0.570. The fourth-order valence-corrected chi connectivity index (χ4v) is 2.94. The van der Waals surface area contributed by atoms with Gasteiger partial charge in [0.2, 0.25) is 5.91 Å². The molecule has 0 saturated carbocycles. The number of carbonyl (C=O) groups excluding carboxylic acids is 1. The average Bonchev–Trinajstić information content (AvgIpc) is 2.29. The summed E-state index contributed by atoms with van der Waals surface area (Å²) in [6.07, 6.45) is 8.55. The van der Waals surface area contributed by atoms with E-state index in [2.05, 4.69) is 17.1 Å². The van der Waals surface area contributed by atoms with Crippen molar-refractivity contribution in [2.24, 2.45) is 5.92 Å². The largest absolute Gasteiger partial charge is 0.342 e. The Morgan fingerprint density at radius 1 is 1.06 bits per heavy atom. The normalized spacial score (nSPS) is 31.7. The van der Waals surface area contributed by atoms with Crippen molar-refractivity contribution in [3.8, 4) is 0 Å². The lowest BCUT2D eigenvalue weighted by atomic mass is 9.93. The molecule has 1 amide bonds. The number of amides is 1. The Bertz CT molecular complexity index is 239. The molecule has 0 aliphatic carbocycles. The van der Waals surface area contributed by atoms with Gasteiger partial charge in [-0.3, -0.25) is 4.79 Å². The van der Waals surface area contributed by atoms with E-state index in [1.54, 1.807) is 0 Å². The predicted octanol–water partition coefficient (Wildman–Crippen LogP) is 2.17. The van der Waals surface area contributed by atoms with Crippen LogP contribution in [-0.4, -0.2) is 36.5 Å². The molecule has 0 aromatic rings. The maximum Gasteiger partial charge on any atom is 0.226 e. The van der Waals surface area contributed by atoms with Crippen LogP contribution in [0, 0.1) is 5.92 Å². The van der Waals surface area contributed by atoms with Crippen LogP contribution in [0.1, 0.15) is 51.9 Å². The molecule has 0 radical (unpaired) electrons. The van der Waals surface area contributed by atoms with E-state index in [4.69, 9.17) is 0 Å². The molecule has 0 aromatic carbocycles. The molecule has 2 heterocycles. The molecule has 0 bridgehead atoms. The Kier molecular flexibility index (Phi) is 4.84. The van der Waals surface area contributed by atoms with Gasteiger partial charge in [0.15, 0.2) is 0 Å². The molecule has 2 unspecified atom stereocenters. The number of carbonyl (C=O) groups is 1. The minimum Gasteiger partial charge on any atom is -0.342 e. The fourth-order valence-electron chi connectivity index (χ4n) is 2.94. The summed E-state index contributed by atoms with van der Waals surface area (Å²) in [5, 5.41) is 3.43. The van der Waals surface area contributed by atoms with Crippen molar-refractivity contribution in [1.29, 1.82) is 0 Å². The molecule has 3 nitrogen and oxygen atoms in total. The van der Waals surface area contributed by atoms with Crippen LogP contribution in [0.5, 0.6) is 0 Å². The molecule has 1 N–H and O–H groups in total. The molecular weight excluding hydrogens is 212 g/mol. The Balaban J connectivity index is 1.84. The number of likely N-dealkylation sites (tertiary alicyclic amines) is 1. The van der Waals surface area contributed by atoms with Crippen molar-refractivity contribution in [3.05, 3.63) is 0 Å². The van der Waals surface area contributed by atoms with E-state index in [-0.39, 0.29) is 5.92 Å². The van der Waals surface area contributed by atoms with Crippen LogP contribution in [0.3, 0.4) is 0 Å². The van der Waals surface area contributed by atoms with Gasteiger partial charge in [0.1, 0.15) is 0 Å². The number of nitrogens with zero attached hydrogens (tertiary/aromatic N) is 1. The van der Waals surface area contributed by atoms with Crippen molar-refractivity contribution in [1.82, 2.24) is 10.2 Å². The highest BCUT2D eigenvalue weighted by molar-refractivity contribution is 5.79. The summed E-state index contributed by atoms with van der Waals surface area (Å²) in [5.74, 6) is 0.650. The maximum atomic E-state index is 12.4. The van der Waals surface area contributed by atoms with Crippen molar-refractivity contribution < 1.29 is 4.79 Å². The van der Waals surface area contributed by atoms with E-state index < -0.39 is 0 Å². The molecule has 0 spiro atoms.